The van der Waals surface area contributed by atoms with Gasteiger partial charge in [0.25, 0.3) is 5.91 Å². The summed E-state index contributed by atoms with van der Waals surface area (Å²) in [4.78, 5) is 26.5. The van der Waals surface area contributed by atoms with Crippen LogP contribution in [0, 0.1) is 5.92 Å². The fourth-order valence-electron chi connectivity index (χ4n) is 2.89. The van der Waals surface area contributed by atoms with Crippen molar-refractivity contribution in [3.63, 3.8) is 0 Å². The SMILES string of the molecule is COc1cc(/C=C2\SC(=S)N(CC(=O)OCC(C)C)C2=O)ccc1OCc1ccccc1Cl. The van der Waals surface area contributed by atoms with Crippen molar-refractivity contribution in [3.05, 3.63) is 63.5 Å². The second-order valence-corrected chi connectivity index (χ2v) is 9.72. The topological polar surface area (TPSA) is 65.1 Å². The number of hydrogen-bond acceptors (Lipinski definition) is 7. The molecular weight excluding hydrogens is 482 g/mol. The molecule has 0 saturated carbocycles. The van der Waals surface area contributed by atoms with Gasteiger partial charge in [-0.2, -0.15) is 0 Å². The minimum absolute atomic E-state index is 0.202. The predicted molar refractivity (Wildman–Crippen MR) is 134 cm³/mol. The van der Waals surface area contributed by atoms with Gasteiger partial charge in [0.1, 0.15) is 17.5 Å². The number of amides is 1. The minimum atomic E-state index is -0.483. The lowest BCUT2D eigenvalue weighted by molar-refractivity contribution is -0.147. The number of hydrogen-bond donors (Lipinski definition) is 0. The number of thioether (sulfide) groups is 1. The Labute approximate surface area is 207 Å². The molecule has 0 aromatic heterocycles. The first-order valence-electron chi connectivity index (χ1n) is 10.2. The van der Waals surface area contributed by atoms with Gasteiger partial charge in [0.15, 0.2) is 11.5 Å². The molecule has 6 nitrogen and oxygen atoms in total. The third-order valence-electron chi connectivity index (χ3n) is 4.56. The van der Waals surface area contributed by atoms with Crippen LogP contribution in [0.4, 0.5) is 0 Å². The minimum Gasteiger partial charge on any atom is -0.493 e. The summed E-state index contributed by atoms with van der Waals surface area (Å²) in [5, 5.41) is 0.628. The summed E-state index contributed by atoms with van der Waals surface area (Å²) >= 11 is 12.6. The Morgan fingerprint density at radius 3 is 2.67 bits per heavy atom. The molecule has 1 aliphatic heterocycles. The van der Waals surface area contributed by atoms with Crippen LogP contribution in [0.1, 0.15) is 25.0 Å². The molecule has 0 unspecified atom stereocenters. The maximum Gasteiger partial charge on any atom is 0.326 e. The first-order valence-corrected chi connectivity index (χ1v) is 11.8. The molecule has 1 aliphatic rings. The largest absolute Gasteiger partial charge is 0.493 e. The Kier molecular flexibility index (Phi) is 8.77. The monoisotopic (exact) mass is 505 g/mol. The van der Waals surface area contributed by atoms with Crippen LogP contribution in [-0.4, -0.2) is 41.4 Å². The highest BCUT2D eigenvalue weighted by Gasteiger charge is 2.33. The molecule has 33 heavy (non-hydrogen) atoms. The number of carbonyl (C=O) groups excluding carboxylic acids is 2. The van der Waals surface area contributed by atoms with Crippen molar-refractivity contribution >= 4 is 57.9 Å². The zero-order valence-electron chi connectivity index (χ0n) is 18.5. The average molecular weight is 506 g/mol. The standard InChI is InChI=1S/C24H24ClNO5S2/c1-15(2)13-31-22(27)12-26-23(28)21(33-24(26)32)11-16-8-9-19(20(10-16)29-3)30-14-17-6-4-5-7-18(17)25/h4-11,15H,12-14H2,1-3H3/b21-11-. The molecule has 1 heterocycles. The molecule has 0 aliphatic carbocycles. The highest BCUT2D eigenvalue weighted by Crippen LogP contribution is 2.35. The lowest BCUT2D eigenvalue weighted by Crippen LogP contribution is -2.34. The van der Waals surface area contributed by atoms with Crippen LogP contribution >= 0.6 is 35.6 Å². The third-order valence-corrected chi connectivity index (χ3v) is 6.31. The van der Waals surface area contributed by atoms with Crippen molar-refractivity contribution in [2.24, 2.45) is 5.92 Å². The fourth-order valence-corrected chi connectivity index (χ4v) is 4.33. The van der Waals surface area contributed by atoms with Gasteiger partial charge in [-0.1, -0.05) is 73.7 Å². The molecular formula is C24H24ClNO5S2. The summed E-state index contributed by atoms with van der Waals surface area (Å²) in [6.07, 6.45) is 1.71. The van der Waals surface area contributed by atoms with Crippen molar-refractivity contribution in [1.29, 1.82) is 0 Å². The van der Waals surface area contributed by atoms with Gasteiger partial charge in [-0.05, 0) is 35.8 Å². The second-order valence-electron chi connectivity index (χ2n) is 7.64. The van der Waals surface area contributed by atoms with E-state index in [1.807, 2.05) is 38.1 Å². The van der Waals surface area contributed by atoms with E-state index in [0.29, 0.717) is 39.0 Å². The van der Waals surface area contributed by atoms with Gasteiger partial charge in [0, 0.05) is 10.6 Å². The van der Waals surface area contributed by atoms with Gasteiger partial charge in [0.2, 0.25) is 0 Å². The van der Waals surface area contributed by atoms with E-state index in [1.54, 1.807) is 31.4 Å². The number of nitrogens with zero attached hydrogens (tertiary/aromatic N) is 1. The summed E-state index contributed by atoms with van der Waals surface area (Å²) in [7, 11) is 1.55. The van der Waals surface area contributed by atoms with Gasteiger partial charge in [-0.15, -0.1) is 0 Å². The van der Waals surface area contributed by atoms with Crippen LogP contribution in [-0.2, 0) is 20.9 Å². The number of esters is 1. The molecule has 2 aromatic carbocycles. The number of halogens is 1. The number of rotatable bonds is 9. The van der Waals surface area contributed by atoms with Crippen molar-refractivity contribution < 1.29 is 23.8 Å². The lowest BCUT2D eigenvalue weighted by atomic mass is 10.1. The van der Waals surface area contributed by atoms with Crippen LogP contribution in [0.2, 0.25) is 5.02 Å². The number of ether oxygens (including phenoxy) is 3. The molecule has 1 fully saturated rings. The number of benzene rings is 2. The summed E-state index contributed by atoms with van der Waals surface area (Å²) in [5.41, 5.74) is 1.60. The van der Waals surface area contributed by atoms with Crippen molar-refractivity contribution in [3.8, 4) is 11.5 Å². The van der Waals surface area contributed by atoms with E-state index in [1.165, 1.54) is 4.90 Å². The van der Waals surface area contributed by atoms with Gasteiger partial charge in [0.05, 0.1) is 18.6 Å². The molecule has 1 amide bonds. The van der Waals surface area contributed by atoms with Crippen molar-refractivity contribution in [1.82, 2.24) is 4.90 Å². The first-order chi connectivity index (χ1) is 15.8. The Morgan fingerprint density at radius 2 is 1.97 bits per heavy atom. The molecule has 0 N–H and O–H groups in total. The summed E-state index contributed by atoms with van der Waals surface area (Å²) in [5.74, 6) is 0.470. The third kappa shape index (κ3) is 6.72. The van der Waals surface area contributed by atoms with Crippen LogP contribution in [0.25, 0.3) is 6.08 Å². The van der Waals surface area contributed by atoms with Gasteiger partial charge >= 0.3 is 5.97 Å². The molecule has 0 bridgehead atoms. The van der Waals surface area contributed by atoms with Gasteiger partial charge < -0.3 is 14.2 Å². The zero-order valence-corrected chi connectivity index (χ0v) is 20.9. The van der Waals surface area contributed by atoms with Crippen molar-refractivity contribution in [2.75, 3.05) is 20.3 Å². The average Bonchev–Trinajstić information content (AvgIpc) is 3.04. The van der Waals surface area contributed by atoms with Gasteiger partial charge in [-0.3, -0.25) is 14.5 Å². The number of thiocarbonyl (C=S) groups is 1. The lowest BCUT2D eigenvalue weighted by Gasteiger charge is -2.14. The molecule has 0 atom stereocenters. The Hall–Kier alpha value is -2.55. The smallest absolute Gasteiger partial charge is 0.326 e. The Bertz CT molecular complexity index is 1090. The zero-order chi connectivity index (χ0) is 24.0. The molecule has 0 radical (unpaired) electrons. The highest BCUT2D eigenvalue weighted by molar-refractivity contribution is 8.26. The van der Waals surface area contributed by atoms with E-state index in [2.05, 4.69) is 0 Å². The molecule has 1 saturated heterocycles. The molecule has 9 heteroatoms. The molecule has 2 aromatic rings. The Balaban J connectivity index is 1.69. The van der Waals surface area contributed by atoms with Crippen molar-refractivity contribution in [2.45, 2.75) is 20.5 Å². The molecule has 0 spiro atoms. The van der Waals surface area contributed by atoms with E-state index in [4.69, 9.17) is 38.0 Å². The maximum atomic E-state index is 12.8. The van der Waals surface area contributed by atoms with E-state index >= 15 is 0 Å². The predicted octanol–water partition coefficient (Wildman–Crippen LogP) is 5.33. The van der Waals surface area contributed by atoms with E-state index in [0.717, 1.165) is 22.9 Å². The maximum absolute atomic E-state index is 12.8. The van der Waals surface area contributed by atoms with E-state index in [-0.39, 0.29) is 18.4 Å². The first kappa shape index (κ1) is 25.1. The molecule has 174 valence electrons. The van der Waals surface area contributed by atoms with E-state index < -0.39 is 5.97 Å². The highest BCUT2D eigenvalue weighted by atomic mass is 35.5. The Morgan fingerprint density at radius 1 is 1.21 bits per heavy atom. The van der Waals surface area contributed by atoms with Crippen LogP contribution < -0.4 is 9.47 Å². The summed E-state index contributed by atoms with van der Waals surface area (Å²) in [6.45, 7) is 4.27. The van der Waals surface area contributed by atoms with E-state index in [9.17, 15) is 9.59 Å². The van der Waals surface area contributed by atoms with Crippen LogP contribution in [0.5, 0.6) is 11.5 Å². The normalized spacial score (nSPS) is 14.8. The fraction of sp³-hybridized carbons (Fsp3) is 0.292. The number of carbonyl (C=O) groups is 2. The summed E-state index contributed by atoms with van der Waals surface area (Å²) < 4.78 is 16.8. The van der Waals surface area contributed by atoms with Crippen LogP contribution in [0.3, 0.4) is 0 Å². The molecule has 3 rings (SSSR count). The van der Waals surface area contributed by atoms with Crippen LogP contribution in [0.15, 0.2) is 47.4 Å². The second kappa shape index (κ2) is 11.5. The number of methoxy groups -OCH3 is 1. The van der Waals surface area contributed by atoms with Gasteiger partial charge in [-0.25, -0.2) is 0 Å². The quantitative estimate of drug-likeness (QED) is 0.259. The summed E-state index contributed by atoms with van der Waals surface area (Å²) in [6, 6.07) is 12.8.